The molecule has 0 aliphatic carbocycles. The molecule has 0 aromatic heterocycles. The van der Waals surface area contributed by atoms with E-state index in [0.29, 0.717) is 22.4 Å². The van der Waals surface area contributed by atoms with E-state index >= 15 is 0 Å². The van der Waals surface area contributed by atoms with Crippen LogP contribution in [0, 0.1) is 0 Å². The van der Waals surface area contributed by atoms with E-state index in [1.807, 2.05) is 30.3 Å². The molecule has 6 heteroatoms. The van der Waals surface area contributed by atoms with Gasteiger partial charge in [0.15, 0.2) is 11.5 Å². The monoisotopic (exact) mass is 396 g/mol. The lowest BCUT2D eigenvalue weighted by atomic mass is 10.2. The number of hydrogen-bond donors (Lipinski definition) is 2. The number of methoxy groups -OCH3 is 1. The Bertz CT molecular complexity index is 696. The quantitative estimate of drug-likeness (QED) is 0.541. The average molecular weight is 397 g/mol. The summed E-state index contributed by atoms with van der Waals surface area (Å²) in [5.41, 5.74) is 2.11. The smallest absolute Gasteiger partial charge is 0.161 e. The molecule has 0 aliphatic heterocycles. The number of hydrogen-bond acceptors (Lipinski definition) is 4. The molecule has 142 valence electrons. The third-order valence-electron chi connectivity index (χ3n) is 3.89. The van der Waals surface area contributed by atoms with Crippen molar-refractivity contribution in [2.45, 2.75) is 26.5 Å². The van der Waals surface area contributed by atoms with Crippen molar-refractivity contribution in [2.24, 2.45) is 0 Å². The first kappa shape index (κ1) is 20.8. The van der Waals surface area contributed by atoms with Crippen molar-refractivity contribution in [3.05, 3.63) is 57.6 Å². The van der Waals surface area contributed by atoms with Crippen molar-refractivity contribution in [1.82, 2.24) is 10.6 Å². The topological polar surface area (TPSA) is 42.5 Å². The van der Waals surface area contributed by atoms with Crippen molar-refractivity contribution in [2.75, 3.05) is 26.7 Å². The molecule has 2 rings (SSSR count). The zero-order valence-electron chi connectivity index (χ0n) is 15.3. The van der Waals surface area contributed by atoms with Gasteiger partial charge in [-0.05, 0) is 61.4 Å². The Hall–Kier alpha value is -1.46. The summed E-state index contributed by atoms with van der Waals surface area (Å²) in [6.45, 7) is 6.34. The van der Waals surface area contributed by atoms with Crippen LogP contribution in [0.1, 0.15) is 24.5 Å². The fraction of sp³-hybridized carbons (Fsp3) is 0.400. The Morgan fingerprint density at radius 1 is 0.885 bits per heavy atom. The van der Waals surface area contributed by atoms with Crippen LogP contribution in [0.15, 0.2) is 36.4 Å². The molecule has 0 atom stereocenters. The molecule has 0 radical (unpaired) electrons. The first-order valence-electron chi connectivity index (χ1n) is 8.79. The van der Waals surface area contributed by atoms with Gasteiger partial charge < -0.3 is 20.1 Å². The normalized spacial score (nSPS) is 10.8. The minimum atomic E-state index is 0.398. The van der Waals surface area contributed by atoms with Crippen molar-refractivity contribution < 1.29 is 9.47 Å². The van der Waals surface area contributed by atoms with Gasteiger partial charge in [-0.2, -0.15) is 0 Å². The molecule has 0 bridgehead atoms. The van der Waals surface area contributed by atoms with E-state index in [4.69, 9.17) is 32.7 Å². The van der Waals surface area contributed by atoms with Crippen LogP contribution in [-0.2, 0) is 13.2 Å². The van der Waals surface area contributed by atoms with E-state index in [2.05, 4.69) is 17.6 Å². The number of rotatable bonds is 11. The van der Waals surface area contributed by atoms with Crippen molar-refractivity contribution >= 4 is 23.2 Å². The maximum atomic E-state index is 6.04. The van der Waals surface area contributed by atoms with Gasteiger partial charge in [-0.15, -0.1) is 0 Å². The van der Waals surface area contributed by atoms with Crippen molar-refractivity contribution in [3.63, 3.8) is 0 Å². The number of nitrogens with one attached hydrogen (secondary N) is 2. The molecule has 0 heterocycles. The van der Waals surface area contributed by atoms with Crippen LogP contribution in [0.5, 0.6) is 11.5 Å². The molecular weight excluding hydrogens is 371 g/mol. The summed E-state index contributed by atoms with van der Waals surface area (Å²) in [5.74, 6) is 1.42. The Balaban J connectivity index is 1.88. The molecule has 0 saturated heterocycles. The van der Waals surface area contributed by atoms with E-state index < -0.39 is 0 Å². The third kappa shape index (κ3) is 6.69. The van der Waals surface area contributed by atoms with Gasteiger partial charge in [-0.3, -0.25) is 0 Å². The number of halogens is 2. The maximum Gasteiger partial charge on any atom is 0.161 e. The summed E-state index contributed by atoms with van der Waals surface area (Å²) in [5, 5.41) is 7.81. The minimum absolute atomic E-state index is 0.398. The second-order valence-electron chi connectivity index (χ2n) is 5.91. The van der Waals surface area contributed by atoms with Crippen LogP contribution in [0.25, 0.3) is 0 Å². The lowest BCUT2D eigenvalue weighted by molar-refractivity contribution is 0.284. The highest BCUT2D eigenvalue weighted by Crippen LogP contribution is 2.29. The Labute approximate surface area is 165 Å². The highest BCUT2D eigenvalue weighted by Gasteiger charge is 2.07. The molecule has 2 N–H and O–H groups in total. The molecule has 2 aromatic carbocycles. The van der Waals surface area contributed by atoms with Gasteiger partial charge in [0.1, 0.15) is 6.61 Å². The van der Waals surface area contributed by atoms with Crippen LogP contribution in [-0.4, -0.2) is 26.7 Å². The van der Waals surface area contributed by atoms with E-state index in [1.165, 1.54) is 0 Å². The van der Waals surface area contributed by atoms with Crippen LogP contribution in [0.3, 0.4) is 0 Å². The lowest BCUT2D eigenvalue weighted by Crippen LogP contribution is -2.21. The first-order chi connectivity index (χ1) is 12.6. The van der Waals surface area contributed by atoms with E-state index in [1.54, 1.807) is 13.2 Å². The Morgan fingerprint density at radius 2 is 1.65 bits per heavy atom. The Kier molecular flexibility index (Phi) is 9.06. The van der Waals surface area contributed by atoms with Gasteiger partial charge in [0, 0.05) is 6.54 Å². The van der Waals surface area contributed by atoms with Gasteiger partial charge in [0.25, 0.3) is 0 Å². The largest absolute Gasteiger partial charge is 0.493 e. The molecule has 26 heavy (non-hydrogen) atoms. The standard InChI is InChI=1S/C20H26Cl2N2O2/c1-3-23-9-4-10-24-13-15-6-8-19(20(12-15)25-2)26-14-16-5-7-17(21)18(22)11-16/h5-8,11-12,23-24H,3-4,9-10,13-14H2,1-2H3. The summed E-state index contributed by atoms with van der Waals surface area (Å²) >= 11 is 12.0. The molecule has 0 saturated carbocycles. The lowest BCUT2D eigenvalue weighted by Gasteiger charge is -2.13. The summed E-state index contributed by atoms with van der Waals surface area (Å²) in [6, 6.07) is 11.5. The van der Waals surface area contributed by atoms with E-state index in [0.717, 1.165) is 49.5 Å². The number of ether oxygens (including phenoxy) is 2. The van der Waals surface area contributed by atoms with Gasteiger partial charge in [-0.1, -0.05) is 42.3 Å². The fourth-order valence-corrected chi connectivity index (χ4v) is 2.80. The van der Waals surface area contributed by atoms with E-state index in [-0.39, 0.29) is 0 Å². The maximum absolute atomic E-state index is 6.04. The Morgan fingerprint density at radius 3 is 2.38 bits per heavy atom. The van der Waals surface area contributed by atoms with Gasteiger partial charge in [-0.25, -0.2) is 0 Å². The molecule has 0 aliphatic rings. The zero-order chi connectivity index (χ0) is 18.8. The van der Waals surface area contributed by atoms with Gasteiger partial charge in [0.2, 0.25) is 0 Å². The molecule has 0 amide bonds. The second kappa shape index (κ2) is 11.3. The third-order valence-corrected chi connectivity index (χ3v) is 4.63. The van der Waals surface area contributed by atoms with Gasteiger partial charge in [0.05, 0.1) is 17.2 Å². The zero-order valence-corrected chi connectivity index (χ0v) is 16.8. The van der Waals surface area contributed by atoms with Crippen LogP contribution in [0.2, 0.25) is 10.0 Å². The van der Waals surface area contributed by atoms with Gasteiger partial charge >= 0.3 is 0 Å². The highest BCUT2D eigenvalue weighted by atomic mass is 35.5. The van der Waals surface area contributed by atoms with Crippen LogP contribution in [0.4, 0.5) is 0 Å². The SMILES string of the molecule is CCNCCCNCc1ccc(OCc2ccc(Cl)c(Cl)c2)c(OC)c1. The average Bonchev–Trinajstić information content (AvgIpc) is 2.66. The fourth-order valence-electron chi connectivity index (χ4n) is 2.48. The second-order valence-corrected chi connectivity index (χ2v) is 6.72. The molecule has 4 nitrogen and oxygen atoms in total. The summed E-state index contributed by atoms with van der Waals surface area (Å²) in [4.78, 5) is 0. The molecule has 2 aromatic rings. The number of benzene rings is 2. The minimum Gasteiger partial charge on any atom is -0.493 e. The molecular formula is C20H26Cl2N2O2. The summed E-state index contributed by atoms with van der Waals surface area (Å²) in [7, 11) is 1.65. The molecule has 0 unspecified atom stereocenters. The van der Waals surface area contributed by atoms with Crippen molar-refractivity contribution in [1.29, 1.82) is 0 Å². The van der Waals surface area contributed by atoms with Crippen LogP contribution < -0.4 is 20.1 Å². The van der Waals surface area contributed by atoms with E-state index in [9.17, 15) is 0 Å². The first-order valence-corrected chi connectivity index (χ1v) is 9.54. The predicted molar refractivity (Wildman–Crippen MR) is 109 cm³/mol. The highest BCUT2D eigenvalue weighted by molar-refractivity contribution is 6.42. The predicted octanol–water partition coefficient (Wildman–Crippen LogP) is 4.67. The summed E-state index contributed by atoms with van der Waals surface area (Å²) in [6.07, 6.45) is 1.11. The molecule has 0 fully saturated rings. The summed E-state index contributed by atoms with van der Waals surface area (Å²) < 4.78 is 11.3. The van der Waals surface area contributed by atoms with Crippen molar-refractivity contribution in [3.8, 4) is 11.5 Å². The molecule has 0 spiro atoms. The van der Waals surface area contributed by atoms with Crippen LogP contribution >= 0.6 is 23.2 Å².